The standard InChI is InChI=1S/C23H29N3O/c27-22(16-25-13-6-12-23(17-25)10-4-1-5-11-23)26-14-9-21-19(15-26)18-7-2-3-8-20(18)24-21/h1-4,7-8,24H,5-6,9-17H2/t23-/m0/s1. The van der Waals surface area contributed by atoms with Crippen molar-refractivity contribution in [2.75, 3.05) is 26.2 Å². The third kappa shape index (κ3) is 3.20. The largest absolute Gasteiger partial charge is 0.358 e. The molecule has 1 aromatic heterocycles. The van der Waals surface area contributed by atoms with E-state index < -0.39 is 0 Å². The molecule has 0 radical (unpaired) electrons. The molecule has 4 nitrogen and oxygen atoms in total. The minimum atomic E-state index is 0.300. The van der Waals surface area contributed by atoms with Gasteiger partial charge >= 0.3 is 0 Å². The minimum absolute atomic E-state index is 0.300. The second-order valence-corrected chi connectivity index (χ2v) is 8.72. The summed E-state index contributed by atoms with van der Waals surface area (Å²) in [5, 5.41) is 1.27. The number of benzene rings is 1. The van der Waals surface area contributed by atoms with E-state index in [9.17, 15) is 4.79 Å². The Kier molecular flexibility index (Phi) is 4.31. The van der Waals surface area contributed by atoms with Crippen molar-refractivity contribution in [2.45, 2.75) is 45.1 Å². The average Bonchev–Trinajstić information content (AvgIpc) is 3.06. The molecule has 3 heterocycles. The summed E-state index contributed by atoms with van der Waals surface area (Å²) in [5.41, 5.74) is 4.25. The van der Waals surface area contributed by atoms with Gasteiger partial charge in [-0.2, -0.15) is 0 Å². The van der Waals surface area contributed by atoms with Crippen LogP contribution in [0.5, 0.6) is 0 Å². The first-order chi connectivity index (χ1) is 13.2. The summed E-state index contributed by atoms with van der Waals surface area (Å²) in [6.45, 7) is 4.34. The number of aromatic amines is 1. The first kappa shape index (κ1) is 17.1. The lowest BCUT2D eigenvalue weighted by molar-refractivity contribution is -0.134. The SMILES string of the molecule is O=C(CN1CCC[C@@]2(CC=CCC2)C1)N1CCc2[nH]c3ccccc3c2C1. The Balaban J connectivity index is 1.27. The van der Waals surface area contributed by atoms with E-state index in [1.54, 1.807) is 0 Å². The van der Waals surface area contributed by atoms with Gasteiger partial charge in [0.2, 0.25) is 5.91 Å². The Morgan fingerprint density at radius 3 is 2.96 bits per heavy atom. The monoisotopic (exact) mass is 363 g/mol. The van der Waals surface area contributed by atoms with Crippen LogP contribution in [0.25, 0.3) is 10.9 Å². The Labute approximate surface area is 161 Å². The van der Waals surface area contributed by atoms with Crippen LogP contribution < -0.4 is 0 Å². The molecule has 1 fully saturated rings. The molecule has 1 amide bonds. The summed E-state index contributed by atoms with van der Waals surface area (Å²) in [5.74, 6) is 0.300. The van der Waals surface area contributed by atoms with Crippen LogP contribution in [0.1, 0.15) is 43.4 Å². The van der Waals surface area contributed by atoms with E-state index in [2.05, 4.69) is 51.2 Å². The minimum Gasteiger partial charge on any atom is -0.358 e. The lowest BCUT2D eigenvalue weighted by Crippen LogP contribution is -2.49. The van der Waals surface area contributed by atoms with Gasteiger partial charge in [0, 0.05) is 48.2 Å². The molecular formula is C23H29N3O. The molecule has 0 unspecified atom stereocenters. The zero-order chi connectivity index (χ0) is 18.3. The number of hydrogen-bond donors (Lipinski definition) is 1. The number of para-hydroxylation sites is 1. The number of fused-ring (bicyclic) bond motifs is 3. The smallest absolute Gasteiger partial charge is 0.237 e. The van der Waals surface area contributed by atoms with Crippen LogP contribution in [0, 0.1) is 5.41 Å². The van der Waals surface area contributed by atoms with Gasteiger partial charge in [0.05, 0.1) is 6.54 Å². The number of H-pyrrole nitrogens is 1. The number of nitrogens with zero attached hydrogens (tertiary/aromatic N) is 2. The second kappa shape index (κ2) is 6.83. The first-order valence-corrected chi connectivity index (χ1v) is 10.5. The molecule has 0 saturated carbocycles. The molecule has 3 aliphatic rings. The molecule has 4 heteroatoms. The van der Waals surface area contributed by atoms with Gasteiger partial charge in [-0.1, -0.05) is 30.4 Å². The van der Waals surface area contributed by atoms with E-state index in [1.807, 2.05) is 0 Å². The highest BCUT2D eigenvalue weighted by Crippen LogP contribution is 2.40. The lowest BCUT2D eigenvalue weighted by atomic mass is 9.71. The average molecular weight is 364 g/mol. The quantitative estimate of drug-likeness (QED) is 0.823. The zero-order valence-electron chi connectivity index (χ0n) is 16.0. The van der Waals surface area contributed by atoms with E-state index in [1.165, 1.54) is 54.3 Å². The molecule has 142 valence electrons. The van der Waals surface area contributed by atoms with Crippen molar-refractivity contribution in [3.63, 3.8) is 0 Å². The van der Waals surface area contributed by atoms with Crippen LogP contribution in [0.3, 0.4) is 0 Å². The predicted octanol–water partition coefficient (Wildman–Crippen LogP) is 3.87. The van der Waals surface area contributed by atoms with Crippen molar-refractivity contribution < 1.29 is 4.79 Å². The van der Waals surface area contributed by atoms with E-state index in [0.29, 0.717) is 17.9 Å². The molecule has 2 aliphatic heterocycles. The summed E-state index contributed by atoms with van der Waals surface area (Å²) in [7, 11) is 0. The van der Waals surface area contributed by atoms with Crippen molar-refractivity contribution in [1.29, 1.82) is 0 Å². The normalized spacial score (nSPS) is 25.9. The Morgan fingerprint density at radius 2 is 2.07 bits per heavy atom. The molecule has 1 aliphatic carbocycles. The van der Waals surface area contributed by atoms with E-state index in [4.69, 9.17) is 0 Å². The zero-order valence-corrected chi connectivity index (χ0v) is 16.0. The van der Waals surface area contributed by atoms with Gasteiger partial charge in [-0.05, 0) is 50.1 Å². The van der Waals surface area contributed by atoms with Gasteiger partial charge in [-0.3, -0.25) is 9.69 Å². The highest BCUT2D eigenvalue weighted by Gasteiger charge is 2.36. The van der Waals surface area contributed by atoms with E-state index >= 15 is 0 Å². The summed E-state index contributed by atoms with van der Waals surface area (Å²) >= 11 is 0. The van der Waals surface area contributed by atoms with Crippen LogP contribution in [-0.4, -0.2) is 46.9 Å². The molecule has 1 saturated heterocycles. The number of piperidine rings is 1. The molecule has 1 spiro atoms. The molecule has 1 N–H and O–H groups in total. The van der Waals surface area contributed by atoms with Crippen LogP contribution in [0.15, 0.2) is 36.4 Å². The lowest BCUT2D eigenvalue weighted by Gasteiger charge is -2.44. The highest BCUT2D eigenvalue weighted by molar-refractivity contribution is 5.86. The topological polar surface area (TPSA) is 39.3 Å². The number of carbonyl (C=O) groups excluding carboxylic acids is 1. The maximum absolute atomic E-state index is 13.1. The molecule has 5 rings (SSSR count). The van der Waals surface area contributed by atoms with Gasteiger partial charge in [-0.15, -0.1) is 0 Å². The third-order valence-corrected chi connectivity index (χ3v) is 6.89. The van der Waals surface area contributed by atoms with Gasteiger partial charge < -0.3 is 9.88 Å². The Morgan fingerprint density at radius 1 is 1.15 bits per heavy atom. The van der Waals surface area contributed by atoms with Crippen LogP contribution in [-0.2, 0) is 17.8 Å². The first-order valence-electron chi connectivity index (χ1n) is 10.5. The Bertz CT molecular complexity index is 883. The number of amides is 1. The Hall–Kier alpha value is -2.07. The maximum Gasteiger partial charge on any atom is 0.237 e. The predicted molar refractivity (Wildman–Crippen MR) is 109 cm³/mol. The van der Waals surface area contributed by atoms with Crippen LogP contribution in [0.4, 0.5) is 0 Å². The van der Waals surface area contributed by atoms with E-state index in [-0.39, 0.29) is 0 Å². The number of likely N-dealkylation sites (tertiary alicyclic amines) is 1. The summed E-state index contributed by atoms with van der Waals surface area (Å²) < 4.78 is 0. The second-order valence-electron chi connectivity index (χ2n) is 8.72. The van der Waals surface area contributed by atoms with Crippen molar-refractivity contribution in [3.05, 3.63) is 47.7 Å². The maximum atomic E-state index is 13.1. The molecule has 27 heavy (non-hydrogen) atoms. The summed E-state index contributed by atoms with van der Waals surface area (Å²) in [6, 6.07) is 8.46. The van der Waals surface area contributed by atoms with Crippen molar-refractivity contribution >= 4 is 16.8 Å². The number of hydrogen-bond acceptors (Lipinski definition) is 2. The molecule has 1 atom stereocenters. The third-order valence-electron chi connectivity index (χ3n) is 6.89. The van der Waals surface area contributed by atoms with Gasteiger partial charge in [0.1, 0.15) is 0 Å². The number of rotatable bonds is 2. The highest BCUT2D eigenvalue weighted by atomic mass is 16.2. The number of nitrogens with one attached hydrogen (secondary N) is 1. The summed E-state index contributed by atoms with van der Waals surface area (Å²) in [6.07, 6.45) is 11.9. The fraction of sp³-hybridized carbons (Fsp3) is 0.522. The molecular weight excluding hydrogens is 334 g/mol. The van der Waals surface area contributed by atoms with E-state index in [0.717, 1.165) is 32.6 Å². The van der Waals surface area contributed by atoms with Crippen LogP contribution >= 0.6 is 0 Å². The number of aromatic nitrogens is 1. The number of allylic oxidation sites excluding steroid dienone is 2. The van der Waals surface area contributed by atoms with Crippen molar-refractivity contribution in [1.82, 2.24) is 14.8 Å². The molecule has 0 bridgehead atoms. The van der Waals surface area contributed by atoms with Gasteiger partial charge in [-0.25, -0.2) is 0 Å². The fourth-order valence-electron chi connectivity index (χ4n) is 5.43. The van der Waals surface area contributed by atoms with Gasteiger partial charge in [0.25, 0.3) is 0 Å². The van der Waals surface area contributed by atoms with Crippen LogP contribution in [0.2, 0.25) is 0 Å². The van der Waals surface area contributed by atoms with Gasteiger partial charge in [0.15, 0.2) is 0 Å². The van der Waals surface area contributed by atoms with Crippen molar-refractivity contribution in [2.24, 2.45) is 5.41 Å². The molecule has 2 aromatic rings. The number of carbonyl (C=O) groups is 1. The van der Waals surface area contributed by atoms with Crippen molar-refractivity contribution in [3.8, 4) is 0 Å². The fourth-order valence-corrected chi connectivity index (χ4v) is 5.43. The molecule has 1 aromatic carbocycles. The summed E-state index contributed by atoms with van der Waals surface area (Å²) in [4.78, 5) is 21.1.